The second kappa shape index (κ2) is 11.2. The van der Waals surface area contributed by atoms with E-state index in [0.29, 0.717) is 38.2 Å². The van der Waals surface area contributed by atoms with Crippen LogP contribution < -0.4 is 19.7 Å². The SMILES string of the molecule is CCOc1cc(/C=C2/C(=O)NC(=O)N(c3ccc(Cl)cc3)C2=O)cc(Br)c1OCc1ccc(Cl)cc1. The zero-order valence-corrected chi connectivity index (χ0v) is 22.0. The minimum atomic E-state index is -0.841. The molecule has 10 heteroatoms. The smallest absolute Gasteiger partial charge is 0.335 e. The van der Waals surface area contributed by atoms with Gasteiger partial charge in [-0.05, 0) is 88.6 Å². The van der Waals surface area contributed by atoms with Gasteiger partial charge in [-0.25, -0.2) is 9.69 Å². The van der Waals surface area contributed by atoms with Crippen LogP contribution in [-0.2, 0) is 16.2 Å². The molecule has 1 saturated heterocycles. The summed E-state index contributed by atoms with van der Waals surface area (Å²) in [5, 5.41) is 3.28. The van der Waals surface area contributed by atoms with E-state index in [2.05, 4.69) is 21.2 Å². The van der Waals surface area contributed by atoms with Gasteiger partial charge in [0.1, 0.15) is 12.2 Å². The zero-order valence-electron chi connectivity index (χ0n) is 18.9. The van der Waals surface area contributed by atoms with Crippen molar-refractivity contribution in [1.29, 1.82) is 0 Å². The van der Waals surface area contributed by atoms with Gasteiger partial charge in [0.05, 0.1) is 16.8 Å². The van der Waals surface area contributed by atoms with Gasteiger partial charge < -0.3 is 9.47 Å². The van der Waals surface area contributed by atoms with Gasteiger partial charge in [0, 0.05) is 10.0 Å². The Morgan fingerprint density at radius 1 is 0.944 bits per heavy atom. The third kappa shape index (κ3) is 5.73. The van der Waals surface area contributed by atoms with Crippen LogP contribution >= 0.6 is 39.1 Å². The summed E-state index contributed by atoms with van der Waals surface area (Å²) in [7, 11) is 0. The standard InChI is InChI=1S/C26H19BrCl2N2O5/c1-2-35-22-13-16(12-21(27)23(22)36-14-15-3-5-17(28)6-4-15)11-20-24(32)30-26(34)31(25(20)33)19-9-7-18(29)8-10-19/h3-13H,2,14H2,1H3,(H,30,32,34)/b20-11-. The van der Waals surface area contributed by atoms with E-state index in [1.54, 1.807) is 36.4 Å². The highest BCUT2D eigenvalue weighted by atomic mass is 79.9. The molecule has 36 heavy (non-hydrogen) atoms. The van der Waals surface area contributed by atoms with Crippen molar-refractivity contribution in [2.45, 2.75) is 13.5 Å². The Hall–Kier alpha value is -3.33. The van der Waals surface area contributed by atoms with Crippen molar-refractivity contribution >= 4 is 68.7 Å². The maximum absolute atomic E-state index is 13.1. The van der Waals surface area contributed by atoms with Crippen LogP contribution in [0.4, 0.5) is 10.5 Å². The first-order valence-electron chi connectivity index (χ1n) is 10.8. The summed E-state index contributed by atoms with van der Waals surface area (Å²) in [6.07, 6.45) is 1.39. The van der Waals surface area contributed by atoms with Gasteiger partial charge in [-0.3, -0.25) is 14.9 Å². The lowest BCUT2D eigenvalue weighted by Crippen LogP contribution is -2.54. The summed E-state index contributed by atoms with van der Waals surface area (Å²) in [6.45, 7) is 2.47. The summed E-state index contributed by atoms with van der Waals surface area (Å²) in [5.41, 5.74) is 1.47. The van der Waals surface area contributed by atoms with Gasteiger partial charge in [-0.2, -0.15) is 0 Å². The van der Waals surface area contributed by atoms with Crippen molar-refractivity contribution in [3.05, 3.63) is 91.9 Å². The Morgan fingerprint density at radius 2 is 1.58 bits per heavy atom. The molecular weight excluding hydrogens is 571 g/mol. The molecule has 0 radical (unpaired) electrons. The molecule has 0 bridgehead atoms. The van der Waals surface area contributed by atoms with Crippen LogP contribution in [0.15, 0.2) is 70.7 Å². The Labute approximate surface area is 225 Å². The summed E-state index contributed by atoms with van der Waals surface area (Å²) in [4.78, 5) is 39.0. The van der Waals surface area contributed by atoms with Gasteiger partial charge in [0.2, 0.25) is 0 Å². The third-order valence-corrected chi connectivity index (χ3v) is 6.22. The Morgan fingerprint density at radius 3 is 2.22 bits per heavy atom. The molecule has 184 valence electrons. The van der Waals surface area contributed by atoms with E-state index in [-0.39, 0.29) is 17.9 Å². The molecule has 4 rings (SSSR count). The van der Waals surface area contributed by atoms with Gasteiger partial charge in [0.25, 0.3) is 11.8 Å². The van der Waals surface area contributed by atoms with E-state index in [4.69, 9.17) is 32.7 Å². The van der Waals surface area contributed by atoms with Gasteiger partial charge in [-0.1, -0.05) is 35.3 Å². The number of amides is 4. The Balaban J connectivity index is 1.65. The van der Waals surface area contributed by atoms with Gasteiger partial charge in [-0.15, -0.1) is 0 Å². The quantitative estimate of drug-likeness (QED) is 0.255. The number of hydrogen-bond acceptors (Lipinski definition) is 5. The van der Waals surface area contributed by atoms with Crippen LogP contribution in [0, 0.1) is 0 Å². The minimum Gasteiger partial charge on any atom is -0.490 e. The molecule has 0 unspecified atom stereocenters. The van der Waals surface area contributed by atoms with Gasteiger partial charge >= 0.3 is 6.03 Å². The molecule has 3 aromatic carbocycles. The first-order chi connectivity index (χ1) is 17.3. The molecule has 1 fully saturated rings. The fraction of sp³-hybridized carbons (Fsp3) is 0.115. The number of ether oxygens (including phenoxy) is 2. The van der Waals surface area contributed by atoms with Crippen molar-refractivity contribution in [3.63, 3.8) is 0 Å². The number of carbonyl (C=O) groups excluding carboxylic acids is 3. The zero-order chi connectivity index (χ0) is 25.8. The molecular formula is C26H19BrCl2N2O5. The van der Waals surface area contributed by atoms with Crippen LogP contribution in [0.3, 0.4) is 0 Å². The number of halogens is 3. The highest BCUT2D eigenvalue weighted by Crippen LogP contribution is 2.38. The van der Waals surface area contributed by atoms with Crippen LogP contribution in [0.25, 0.3) is 6.08 Å². The van der Waals surface area contributed by atoms with E-state index in [9.17, 15) is 14.4 Å². The number of hydrogen-bond donors (Lipinski definition) is 1. The van der Waals surface area contributed by atoms with Crippen LogP contribution in [0.5, 0.6) is 11.5 Å². The largest absolute Gasteiger partial charge is 0.490 e. The summed E-state index contributed by atoms with van der Waals surface area (Å²) in [6, 6.07) is 15.9. The molecule has 0 aromatic heterocycles. The second-order valence-electron chi connectivity index (χ2n) is 7.61. The monoisotopic (exact) mass is 588 g/mol. The fourth-order valence-corrected chi connectivity index (χ4v) is 4.29. The number of benzene rings is 3. The number of nitrogens with one attached hydrogen (secondary N) is 1. The van der Waals surface area contributed by atoms with Crippen molar-refractivity contribution < 1.29 is 23.9 Å². The van der Waals surface area contributed by atoms with Crippen molar-refractivity contribution in [1.82, 2.24) is 5.32 Å². The first kappa shape index (κ1) is 25.8. The molecule has 7 nitrogen and oxygen atoms in total. The van der Waals surface area contributed by atoms with E-state index in [0.717, 1.165) is 10.5 Å². The number of carbonyl (C=O) groups is 3. The van der Waals surface area contributed by atoms with Crippen LogP contribution in [-0.4, -0.2) is 24.5 Å². The van der Waals surface area contributed by atoms with E-state index < -0.39 is 17.8 Å². The minimum absolute atomic E-state index is 0.214. The van der Waals surface area contributed by atoms with Crippen molar-refractivity contribution in [3.8, 4) is 11.5 Å². The Kier molecular flexibility index (Phi) is 7.98. The maximum Gasteiger partial charge on any atom is 0.335 e. The second-order valence-corrected chi connectivity index (χ2v) is 9.34. The van der Waals surface area contributed by atoms with Gasteiger partial charge in [0.15, 0.2) is 11.5 Å². The highest BCUT2D eigenvalue weighted by molar-refractivity contribution is 9.10. The average Bonchev–Trinajstić information content (AvgIpc) is 2.83. The molecule has 0 atom stereocenters. The number of barbiturate groups is 1. The first-order valence-corrected chi connectivity index (χ1v) is 12.3. The molecule has 3 aromatic rings. The number of imide groups is 2. The Bertz CT molecular complexity index is 1360. The van der Waals surface area contributed by atoms with Crippen molar-refractivity contribution in [2.75, 3.05) is 11.5 Å². The average molecular weight is 590 g/mol. The molecule has 1 aliphatic heterocycles. The number of urea groups is 1. The van der Waals surface area contributed by atoms with E-state index in [1.165, 1.54) is 18.2 Å². The predicted molar refractivity (Wildman–Crippen MR) is 142 cm³/mol. The maximum atomic E-state index is 13.1. The topological polar surface area (TPSA) is 84.9 Å². The third-order valence-electron chi connectivity index (χ3n) is 5.13. The van der Waals surface area contributed by atoms with E-state index in [1.807, 2.05) is 19.1 Å². The predicted octanol–water partition coefficient (Wildman–Crippen LogP) is 6.40. The molecule has 1 aliphatic rings. The summed E-state index contributed by atoms with van der Waals surface area (Å²) >= 11 is 15.4. The molecule has 4 amide bonds. The lowest BCUT2D eigenvalue weighted by Gasteiger charge is -2.26. The molecule has 1 N–H and O–H groups in total. The van der Waals surface area contributed by atoms with E-state index >= 15 is 0 Å². The normalized spacial score (nSPS) is 14.7. The summed E-state index contributed by atoms with van der Waals surface area (Å²) in [5.74, 6) is -0.677. The molecule has 0 spiro atoms. The molecule has 1 heterocycles. The molecule has 0 saturated carbocycles. The fourth-order valence-electron chi connectivity index (χ4n) is 3.46. The number of rotatable bonds is 7. The number of nitrogens with zero attached hydrogens (tertiary/aromatic N) is 1. The lowest BCUT2D eigenvalue weighted by atomic mass is 10.1. The van der Waals surface area contributed by atoms with Crippen molar-refractivity contribution in [2.24, 2.45) is 0 Å². The van der Waals surface area contributed by atoms with Crippen LogP contribution in [0.2, 0.25) is 10.0 Å². The summed E-state index contributed by atoms with van der Waals surface area (Å²) < 4.78 is 12.3. The lowest BCUT2D eigenvalue weighted by molar-refractivity contribution is -0.122. The highest BCUT2D eigenvalue weighted by Gasteiger charge is 2.36. The molecule has 0 aliphatic carbocycles. The number of anilines is 1. The van der Waals surface area contributed by atoms with Crippen LogP contribution in [0.1, 0.15) is 18.1 Å².